The quantitative estimate of drug-likeness (QED) is 0.574. The molecule has 1 heterocycles. The Labute approximate surface area is 64.2 Å². The van der Waals surface area contributed by atoms with Crippen LogP contribution in [-0.2, 0) is 0 Å². The van der Waals surface area contributed by atoms with E-state index in [-0.39, 0.29) is 5.75 Å². The van der Waals surface area contributed by atoms with E-state index in [4.69, 9.17) is 4.74 Å². The molecule has 1 aromatic heterocycles. The van der Waals surface area contributed by atoms with Crippen molar-refractivity contribution < 1.29 is 9.13 Å². The second-order valence-corrected chi connectivity index (χ2v) is 2.18. The van der Waals surface area contributed by atoms with Crippen molar-refractivity contribution in [3.05, 3.63) is 17.5 Å². The highest BCUT2D eigenvalue weighted by Crippen LogP contribution is 2.17. The minimum Gasteiger partial charge on any atom is -0.490 e. The normalized spacial score (nSPS) is 9.82. The van der Waals surface area contributed by atoms with Gasteiger partial charge >= 0.3 is 0 Å². The number of aromatic nitrogens is 2. The second-order valence-electron chi connectivity index (χ2n) is 2.18. The first kappa shape index (κ1) is 7.91. The van der Waals surface area contributed by atoms with Gasteiger partial charge in [0, 0.05) is 0 Å². The molecule has 0 aromatic carbocycles. The molecule has 3 nitrogen and oxygen atoms in total. The van der Waals surface area contributed by atoms with Crippen molar-refractivity contribution >= 4 is 0 Å². The predicted molar refractivity (Wildman–Crippen MR) is 38.0 cm³/mol. The van der Waals surface area contributed by atoms with Gasteiger partial charge in [0.15, 0.2) is 5.75 Å². The van der Waals surface area contributed by atoms with Gasteiger partial charge in [-0.3, -0.25) is 0 Å². The first-order chi connectivity index (χ1) is 5.15. The van der Waals surface area contributed by atoms with Crippen molar-refractivity contribution in [3.63, 3.8) is 0 Å². The van der Waals surface area contributed by atoms with Crippen LogP contribution >= 0.6 is 0 Å². The van der Waals surface area contributed by atoms with Gasteiger partial charge in [-0.15, -0.1) is 0 Å². The summed E-state index contributed by atoms with van der Waals surface area (Å²) in [6, 6.07) is 0. The molecule has 0 N–H and O–H groups in total. The van der Waals surface area contributed by atoms with Crippen LogP contribution in [0.3, 0.4) is 0 Å². The fourth-order valence-corrected chi connectivity index (χ4v) is 0.893. The van der Waals surface area contributed by atoms with E-state index in [2.05, 4.69) is 9.97 Å². The molecule has 0 atom stereocenters. The van der Waals surface area contributed by atoms with Crippen LogP contribution in [0.1, 0.15) is 11.5 Å². The predicted octanol–water partition coefficient (Wildman–Crippen LogP) is 1.24. The minimum absolute atomic E-state index is 0.121. The molecule has 11 heavy (non-hydrogen) atoms. The van der Waals surface area contributed by atoms with Gasteiger partial charge in [0.1, 0.15) is 5.82 Å². The maximum Gasteiger partial charge on any atom is 0.258 e. The third-order valence-electron chi connectivity index (χ3n) is 1.31. The molecule has 0 saturated carbocycles. The van der Waals surface area contributed by atoms with Gasteiger partial charge < -0.3 is 4.74 Å². The van der Waals surface area contributed by atoms with E-state index in [1.54, 1.807) is 13.8 Å². The number of rotatable bonds is 1. The molecular formula is C7H9FN2O. The monoisotopic (exact) mass is 156 g/mol. The Morgan fingerprint density at radius 2 is 1.91 bits per heavy atom. The maximum atomic E-state index is 12.8. The Morgan fingerprint density at radius 3 is 2.36 bits per heavy atom. The summed E-state index contributed by atoms with van der Waals surface area (Å²) in [6.45, 7) is 3.31. The number of hydrogen-bond donors (Lipinski definition) is 0. The van der Waals surface area contributed by atoms with Gasteiger partial charge in [0.05, 0.1) is 12.8 Å². The summed E-state index contributed by atoms with van der Waals surface area (Å²) < 4.78 is 17.6. The topological polar surface area (TPSA) is 35.0 Å². The summed E-state index contributed by atoms with van der Waals surface area (Å²) in [7, 11) is 1.39. The molecule has 0 spiro atoms. The summed E-state index contributed by atoms with van der Waals surface area (Å²) in [4.78, 5) is 7.43. The van der Waals surface area contributed by atoms with Crippen LogP contribution in [0, 0.1) is 19.8 Å². The first-order valence-corrected chi connectivity index (χ1v) is 3.20. The van der Waals surface area contributed by atoms with Gasteiger partial charge in [-0.25, -0.2) is 9.97 Å². The van der Waals surface area contributed by atoms with E-state index in [0.717, 1.165) is 0 Å². The van der Waals surface area contributed by atoms with Gasteiger partial charge in [-0.05, 0) is 13.8 Å². The molecule has 60 valence electrons. The summed E-state index contributed by atoms with van der Waals surface area (Å²) in [6.07, 6.45) is 0. The number of hydrogen-bond acceptors (Lipinski definition) is 3. The van der Waals surface area contributed by atoms with E-state index >= 15 is 0 Å². The zero-order valence-electron chi connectivity index (χ0n) is 6.68. The molecular weight excluding hydrogens is 147 g/mol. The molecule has 0 radical (unpaired) electrons. The van der Waals surface area contributed by atoms with E-state index in [1.807, 2.05) is 0 Å². The van der Waals surface area contributed by atoms with Gasteiger partial charge in [-0.2, -0.15) is 4.39 Å². The Hall–Kier alpha value is -1.19. The van der Waals surface area contributed by atoms with E-state index < -0.39 is 5.95 Å². The van der Waals surface area contributed by atoms with E-state index in [0.29, 0.717) is 11.5 Å². The standard InChI is InChI=1S/C7H9FN2O/c1-4-6(11-3)7(8)10-5(2)9-4/h1-3H3. The van der Waals surface area contributed by atoms with Crippen LogP contribution in [0.5, 0.6) is 5.75 Å². The average molecular weight is 156 g/mol. The minimum atomic E-state index is -0.600. The molecule has 0 fully saturated rings. The molecule has 1 aromatic rings. The molecule has 0 aliphatic heterocycles. The number of aryl methyl sites for hydroxylation is 2. The number of ether oxygens (including phenoxy) is 1. The molecule has 1 rings (SSSR count). The average Bonchev–Trinajstić information content (AvgIpc) is 1.85. The largest absolute Gasteiger partial charge is 0.490 e. The fourth-order valence-electron chi connectivity index (χ4n) is 0.893. The summed E-state index contributed by atoms with van der Waals surface area (Å²) >= 11 is 0. The smallest absolute Gasteiger partial charge is 0.258 e. The van der Waals surface area contributed by atoms with Crippen LogP contribution < -0.4 is 4.74 Å². The summed E-state index contributed by atoms with van der Waals surface area (Å²) in [5.41, 5.74) is 0.525. The van der Waals surface area contributed by atoms with Crippen molar-refractivity contribution in [1.82, 2.24) is 9.97 Å². The van der Waals surface area contributed by atoms with Crippen LogP contribution in [0.4, 0.5) is 4.39 Å². The lowest BCUT2D eigenvalue weighted by atomic mass is 10.4. The van der Waals surface area contributed by atoms with Crippen LogP contribution in [0.25, 0.3) is 0 Å². The Bertz CT molecular complexity index is 252. The van der Waals surface area contributed by atoms with Gasteiger partial charge in [0.25, 0.3) is 5.95 Å². The lowest BCUT2D eigenvalue weighted by Crippen LogP contribution is -2.00. The molecule has 0 unspecified atom stereocenters. The molecule has 0 amide bonds. The summed E-state index contributed by atoms with van der Waals surface area (Å²) in [5, 5.41) is 0. The molecule has 0 bridgehead atoms. The summed E-state index contributed by atoms with van der Waals surface area (Å²) in [5.74, 6) is -0.0612. The Kier molecular flexibility index (Phi) is 2.03. The zero-order valence-corrected chi connectivity index (χ0v) is 6.68. The van der Waals surface area contributed by atoms with Crippen molar-refractivity contribution in [1.29, 1.82) is 0 Å². The Morgan fingerprint density at radius 1 is 1.27 bits per heavy atom. The SMILES string of the molecule is COc1c(C)nc(C)nc1F. The van der Waals surface area contributed by atoms with Crippen LogP contribution in [0.2, 0.25) is 0 Å². The Balaban J connectivity index is 3.25. The number of methoxy groups -OCH3 is 1. The van der Waals surface area contributed by atoms with Crippen molar-refractivity contribution in [3.8, 4) is 5.75 Å². The lowest BCUT2D eigenvalue weighted by Gasteiger charge is -2.03. The van der Waals surface area contributed by atoms with Crippen molar-refractivity contribution in [2.24, 2.45) is 0 Å². The van der Waals surface area contributed by atoms with Crippen LogP contribution in [0.15, 0.2) is 0 Å². The first-order valence-electron chi connectivity index (χ1n) is 3.20. The third-order valence-corrected chi connectivity index (χ3v) is 1.31. The highest BCUT2D eigenvalue weighted by atomic mass is 19.1. The number of halogens is 1. The molecule has 0 aliphatic carbocycles. The van der Waals surface area contributed by atoms with Crippen molar-refractivity contribution in [2.75, 3.05) is 7.11 Å². The third kappa shape index (κ3) is 1.45. The zero-order chi connectivity index (χ0) is 8.43. The van der Waals surface area contributed by atoms with E-state index in [1.165, 1.54) is 7.11 Å². The maximum absolute atomic E-state index is 12.8. The second kappa shape index (κ2) is 2.82. The highest BCUT2D eigenvalue weighted by molar-refractivity contribution is 5.24. The van der Waals surface area contributed by atoms with Crippen LogP contribution in [-0.4, -0.2) is 17.1 Å². The van der Waals surface area contributed by atoms with E-state index in [9.17, 15) is 4.39 Å². The molecule has 4 heteroatoms. The highest BCUT2D eigenvalue weighted by Gasteiger charge is 2.08. The van der Waals surface area contributed by atoms with Gasteiger partial charge in [-0.1, -0.05) is 0 Å². The fraction of sp³-hybridized carbons (Fsp3) is 0.429. The molecule has 0 aliphatic rings. The number of nitrogens with zero attached hydrogens (tertiary/aromatic N) is 2. The molecule has 0 saturated heterocycles. The van der Waals surface area contributed by atoms with Crippen molar-refractivity contribution in [2.45, 2.75) is 13.8 Å². The van der Waals surface area contributed by atoms with Gasteiger partial charge in [0.2, 0.25) is 0 Å². The lowest BCUT2D eigenvalue weighted by molar-refractivity contribution is 0.370.